The van der Waals surface area contributed by atoms with Gasteiger partial charge in [0.2, 0.25) is 0 Å². The number of hydrogen-bond donors (Lipinski definition) is 4. The highest BCUT2D eigenvalue weighted by Gasteiger charge is 2.39. The van der Waals surface area contributed by atoms with E-state index in [9.17, 15) is 32.4 Å². The number of aliphatic hydroxyl groups excluding tert-OH is 1. The highest BCUT2D eigenvalue weighted by Crippen LogP contribution is 2.21. The number of carboxylic acids is 2. The third kappa shape index (κ3) is 12.6. The number of nitrogens with zero attached hydrogens (tertiary/aromatic N) is 4. The third-order valence-corrected chi connectivity index (χ3v) is 5.14. The van der Waals surface area contributed by atoms with Gasteiger partial charge in [-0.3, -0.25) is 29.2 Å². The number of rotatable bonds is 9. The van der Waals surface area contributed by atoms with Gasteiger partial charge in [-0.05, 0) is 0 Å². The summed E-state index contributed by atoms with van der Waals surface area (Å²) in [6, 6.07) is 0. The summed E-state index contributed by atoms with van der Waals surface area (Å²) in [7, 11) is -2.87. The number of aliphatic carboxylic acids is 2. The molecule has 0 aromatic rings. The number of hydrogen-bond acceptors (Lipinski definition) is 9. The minimum absolute atomic E-state index is 0.0142. The Hall–Kier alpha value is -1.45. The van der Waals surface area contributed by atoms with E-state index >= 15 is 0 Å². The van der Waals surface area contributed by atoms with E-state index in [1.807, 2.05) is 0 Å². The monoisotopic (exact) mass is 493 g/mol. The first kappa shape index (κ1) is 28.6. The maximum Gasteiger partial charge on any atom is 0.696 e. The van der Waals surface area contributed by atoms with Crippen molar-refractivity contribution in [3.63, 3.8) is 0 Å². The molecule has 16 heteroatoms. The van der Waals surface area contributed by atoms with Crippen molar-refractivity contribution in [2.75, 3.05) is 78.7 Å². The first-order valence-corrected chi connectivity index (χ1v) is 10.9. The van der Waals surface area contributed by atoms with Crippen LogP contribution in [-0.4, -0.2) is 143 Å². The molecule has 1 rings (SSSR count). The second-order valence-corrected chi connectivity index (χ2v) is 8.05. The number of carbonyl (C=O) groups is 2. The summed E-state index contributed by atoms with van der Waals surface area (Å²) in [6.45, 7) is -0.748. The second-order valence-electron chi connectivity index (χ2n) is 7.31. The highest BCUT2D eigenvalue weighted by atomic mass is 31.1. The molecule has 1 aliphatic rings. The van der Waals surface area contributed by atoms with Gasteiger partial charge in [0.05, 0.1) is 13.1 Å². The molecule has 0 aromatic heterocycles. The Morgan fingerprint density at radius 2 is 1.22 bits per heavy atom. The van der Waals surface area contributed by atoms with Crippen LogP contribution < -0.4 is 0 Å². The van der Waals surface area contributed by atoms with Crippen LogP contribution >= 0.6 is 8.25 Å². The Morgan fingerprint density at radius 1 is 0.844 bits per heavy atom. The topological polar surface area (TPSA) is 154 Å². The van der Waals surface area contributed by atoms with Crippen molar-refractivity contribution in [2.24, 2.45) is 0 Å². The van der Waals surface area contributed by atoms with Gasteiger partial charge in [-0.25, -0.2) is 0 Å². The number of aliphatic hydroxyl groups is 1. The molecule has 0 saturated carbocycles. The average molecular weight is 493 g/mol. The zero-order chi connectivity index (χ0) is 24.3. The van der Waals surface area contributed by atoms with Crippen LogP contribution in [0.25, 0.3) is 0 Å². The van der Waals surface area contributed by atoms with Crippen molar-refractivity contribution in [1.29, 1.82) is 0 Å². The molecule has 0 amide bonds. The van der Waals surface area contributed by atoms with Crippen molar-refractivity contribution in [1.82, 2.24) is 19.6 Å². The lowest BCUT2D eigenvalue weighted by atomic mass is 10.2. The van der Waals surface area contributed by atoms with E-state index in [2.05, 4.69) is 0 Å². The van der Waals surface area contributed by atoms with Crippen molar-refractivity contribution in [3.05, 3.63) is 0 Å². The summed E-state index contributed by atoms with van der Waals surface area (Å²) in [5, 5.41) is 27.7. The molecule has 2 atom stereocenters. The fourth-order valence-electron chi connectivity index (χ4n) is 3.07. The largest absolute Gasteiger partial charge is 0.696 e. The predicted octanol–water partition coefficient (Wildman–Crippen LogP) is -1.08. The van der Waals surface area contributed by atoms with Crippen LogP contribution in [0, 0.1) is 0 Å². The molecular weight excluding hydrogens is 464 g/mol. The maximum atomic E-state index is 12.8. The van der Waals surface area contributed by atoms with Crippen LogP contribution in [0.4, 0.5) is 13.2 Å². The SMILES string of the molecule is O=C(O)CN1CCN(CO[P+](=O)O)CCN(CC(=O)O)CCN(CC(O)C(F)(F)F)CC1. The zero-order valence-corrected chi connectivity index (χ0v) is 18.2. The third-order valence-electron chi connectivity index (χ3n) is 4.81. The molecule has 2 unspecified atom stereocenters. The van der Waals surface area contributed by atoms with Crippen molar-refractivity contribution >= 4 is 20.2 Å². The lowest BCUT2D eigenvalue weighted by molar-refractivity contribution is -0.208. The van der Waals surface area contributed by atoms with E-state index in [1.54, 1.807) is 4.90 Å². The molecule has 0 spiro atoms. The molecule has 32 heavy (non-hydrogen) atoms. The van der Waals surface area contributed by atoms with Gasteiger partial charge in [-0.1, -0.05) is 0 Å². The molecule has 0 aromatic carbocycles. The summed E-state index contributed by atoms with van der Waals surface area (Å²) < 4.78 is 54.0. The van der Waals surface area contributed by atoms with Crippen LogP contribution in [0.3, 0.4) is 0 Å². The van der Waals surface area contributed by atoms with Gasteiger partial charge >= 0.3 is 26.4 Å². The van der Waals surface area contributed by atoms with Gasteiger partial charge in [0.25, 0.3) is 0 Å². The van der Waals surface area contributed by atoms with Gasteiger partial charge < -0.3 is 15.3 Å². The lowest BCUT2D eigenvalue weighted by Gasteiger charge is -2.33. The molecule has 186 valence electrons. The Bertz CT molecular complexity index is 599. The van der Waals surface area contributed by atoms with Crippen LogP contribution in [0.15, 0.2) is 0 Å². The summed E-state index contributed by atoms with van der Waals surface area (Å²) in [4.78, 5) is 37.1. The minimum atomic E-state index is -4.82. The van der Waals surface area contributed by atoms with Crippen LogP contribution in [-0.2, 0) is 18.7 Å². The summed E-state index contributed by atoms with van der Waals surface area (Å²) in [5.74, 6) is -2.26. The van der Waals surface area contributed by atoms with Gasteiger partial charge in [0.1, 0.15) is 0 Å². The Kier molecular flexibility index (Phi) is 12.5. The zero-order valence-electron chi connectivity index (χ0n) is 17.4. The van der Waals surface area contributed by atoms with Crippen molar-refractivity contribution in [2.45, 2.75) is 12.3 Å². The van der Waals surface area contributed by atoms with E-state index in [-0.39, 0.29) is 72.2 Å². The van der Waals surface area contributed by atoms with Gasteiger partial charge in [0, 0.05) is 63.5 Å². The molecule has 1 aliphatic heterocycles. The minimum Gasteiger partial charge on any atom is -0.480 e. The van der Waals surface area contributed by atoms with E-state index in [0.29, 0.717) is 0 Å². The van der Waals surface area contributed by atoms with Crippen LogP contribution in [0.1, 0.15) is 0 Å². The fourth-order valence-corrected chi connectivity index (χ4v) is 3.33. The first-order valence-electron chi connectivity index (χ1n) is 9.73. The molecule has 12 nitrogen and oxygen atoms in total. The molecular formula is C16H29F3N4O8P+. The first-order chi connectivity index (χ1) is 14.9. The van der Waals surface area contributed by atoms with E-state index in [1.165, 1.54) is 14.7 Å². The molecule has 0 radical (unpaired) electrons. The smallest absolute Gasteiger partial charge is 0.480 e. The fraction of sp³-hybridized carbons (Fsp3) is 0.875. The van der Waals surface area contributed by atoms with Gasteiger partial charge in [-0.2, -0.15) is 13.2 Å². The molecule has 1 heterocycles. The van der Waals surface area contributed by atoms with Gasteiger partial charge in [-0.15, -0.1) is 9.42 Å². The molecule has 1 fully saturated rings. The number of halogens is 3. The standard InChI is InChI=1S/C16H28F3N4O8P/c17-16(18,19)13(24)9-20-1-3-21(10-14(25)26)5-7-23(12-31-32(29)30)8-6-22(4-2-20)11-15(27)28/h13,24H,1-12H2,(H2-,25,26,27,28,29,30)/p+1. The maximum absolute atomic E-state index is 12.8. The Labute approximate surface area is 183 Å². The van der Waals surface area contributed by atoms with Crippen LogP contribution in [0.2, 0.25) is 0 Å². The average Bonchev–Trinajstić information content (AvgIpc) is 2.65. The predicted molar refractivity (Wildman–Crippen MR) is 104 cm³/mol. The van der Waals surface area contributed by atoms with Crippen LogP contribution in [0.5, 0.6) is 0 Å². The molecule has 1 saturated heterocycles. The summed E-state index contributed by atoms with van der Waals surface area (Å²) in [6.07, 6.45) is -7.41. The molecule has 0 aliphatic carbocycles. The number of β-amino-alcohol motifs (C(OH)–C–C–N with tert-alkyl or cyclic N) is 1. The lowest BCUT2D eigenvalue weighted by Crippen LogP contribution is -2.50. The Morgan fingerprint density at radius 3 is 1.56 bits per heavy atom. The Balaban J connectivity index is 2.97. The van der Waals surface area contributed by atoms with E-state index in [4.69, 9.17) is 19.6 Å². The number of alkyl halides is 3. The van der Waals surface area contributed by atoms with Crippen molar-refractivity contribution < 1.29 is 52.1 Å². The quantitative estimate of drug-likeness (QED) is 0.289. The van der Waals surface area contributed by atoms with Crippen molar-refractivity contribution in [3.8, 4) is 0 Å². The normalized spacial score (nSPS) is 20.8. The van der Waals surface area contributed by atoms with Gasteiger partial charge in [0.15, 0.2) is 12.8 Å². The summed E-state index contributed by atoms with van der Waals surface area (Å²) in [5.41, 5.74) is 0. The molecule has 4 N–H and O–H groups in total. The molecule has 0 bridgehead atoms. The van der Waals surface area contributed by atoms with E-state index in [0.717, 1.165) is 0 Å². The second kappa shape index (κ2) is 14.0. The highest BCUT2D eigenvalue weighted by molar-refractivity contribution is 7.32. The summed E-state index contributed by atoms with van der Waals surface area (Å²) >= 11 is 0. The number of carboxylic acid groups (broad SMARTS) is 2. The van der Waals surface area contributed by atoms with E-state index < -0.39 is 39.0 Å².